The van der Waals surface area contributed by atoms with Crippen molar-refractivity contribution in [3.05, 3.63) is 29.8 Å². The second-order valence-corrected chi connectivity index (χ2v) is 5.56. The number of amides is 1. The number of aryl methyl sites for hydroxylation is 1. The highest BCUT2D eigenvalue weighted by Gasteiger charge is 2.29. The smallest absolute Gasteiger partial charge is 0.310 e. The largest absolute Gasteiger partial charge is 0.508 e. The maximum Gasteiger partial charge on any atom is 0.310 e. The number of phenols is 1. The lowest BCUT2D eigenvalue weighted by molar-refractivity contribution is -0.151. The zero-order chi connectivity index (χ0) is 15.9. The Bertz CT molecular complexity index is 529. The first-order chi connectivity index (χ1) is 10.6. The van der Waals surface area contributed by atoms with E-state index >= 15 is 0 Å². The number of carbonyl (C=O) groups is 2. The quantitative estimate of drug-likeness (QED) is 0.846. The zero-order valence-electron chi connectivity index (χ0n) is 13.0. The average molecular weight is 305 g/mol. The molecule has 0 aliphatic carbocycles. The predicted molar refractivity (Wildman–Crippen MR) is 82.4 cm³/mol. The highest BCUT2D eigenvalue weighted by atomic mass is 16.5. The number of esters is 1. The lowest BCUT2D eigenvalue weighted by Gasteiger charge is -2.31. The van der Waals surface area contributed by atoms with Crippen LogP contribution < -0.4 is 0 Å². The van der Waals surface area contributed by atoms with Gasteiger partial charge in [-0.1, -0.05) is 18.2 Å². The van der Waals surface area contributed by atoms with E-state index in [1.54, 1.807) is 24.0 Å². The second-order valence-electron chi connectivity index (χ2n) is 5.56. The van der Waals surface area contributed by atoms with Gasteiger partial charge in [0.05, 0.1) is 12.5 Å². The minimum atomic E-state index is -0.208. The first-order valence-corrected chi connectivity index (χ1v) is 7.83. The molecule has 1 aliphatic rings. The normalized spacial score (nSPS) is 18.0. The first kappa shape index (κ1) is 16.3. The molecule has 0 saturated carbocycles. The van der Waals surface area contributed by atoms with Crippen LogP contribution in [0.25, 0.3) is 0 Å². The Morgan fingerprint density at radius 1 is 1.36 bits per heavy atom. The van der Waals surface area contributed by atoms with Crippen molar-refractivity contribution < 1.29 is 19.4 Å². The van der Waals surface area contributed by atoms with Crippen LogP contribution in [0.5, 0.6) is 5.75 Å². The van der Waals surface area contributed by atoms with E-state index in [9.17, 15) is 14.7 Å². The Morgan fingerprint density at radius 3 is 2.86 bits per heavy atom. The van der Waals surface area contributed by atoms with E-state index in [0.717, 1.165) is 18.4 Å². The summed E-state index contributed by atoms with van der Waals surface area (Å²) in [5, 5.41) is 9.72. The van der Waals surface area contributed by atoms with Gasteiger partial charge in [0, 0.05) is 19.5 Å². The number of piperidine rings is 1. The van der Waals surface area contributed by atoms with Gasteiger partial charge in [-0.05, 0) is 37.8 Å². The SMILES string of the molecule is CCOC(=O)C1CCCN(C(=O)CCc2ccccc2O)C1. The van der Waals surface area contributed by atoms with Gasteiger partial charge in [-0.3, -0.25) is 9.59 Å². The maximum atomic E-state index is 12.3. The van der Waals surface area contributed by atoms with Gasteiger partial charge in [0.1, 0.15) is 5.75 Å². The molecule has 1 saturated heterocycles. The number of ether oxygens (including phenoxy) is 1. The number of nitrogens with zero attached hydrogens (tertiary/aromatic N) is 1. The third kappa shape index (κ3) is 4.23. The summed E-state index contributed by atoms with van der Waals surface area (Å²) in [6, 6.07) is 7.05. The summed E-state index contributed by atoms with van der Waals surface area (Å²) in [5.74, 6) is -0.168. The number of rotatable bonds is 5. The number of hydrogen-bond donors (Lipinski definition) is 1. The lowest BCUT2D eigenvalue weighted by atomic mass is 9.97. The van der Waals surface area contributed by atoms with Gasteiger partial charge >= 0.3 is 5.97 Å². The summed E-state index contributed by atoms with van der Waals surface area (Å²) in [7, 11) is 0. The summed E-state index contributed by atoms with van der Waals surface area (Å²) >= 11 is 0. The maximum absolute atomic E-state index is 12.3. The number of benzene rings is 1. The van der Waals surface area contributed by atoms with Crippen molar-refractivity contribution in [2.24, 2.45) is 5.92 Å². The monoisotopic (exact) mass is 305 g/mol. The van der Waals surface area contributed by atoms with Crippen molar-refractivity contribution in [3.63, 3.8) is 0 Å². The number of hydrogen-bond acceptors (Lipinski definition) is 4. The van der Waals surface area contributed by atoms with E-state index < -0.39 is 0 Å². The fourth-order valence-corrected chi connectivity index (χ4v) is 2.78. The van der Waals surface area contributed by atoms with E-state index in [2.05, 4.69) is 0 Å². The van der Waals surface area contributed by atoms with Crippen LogP contribution in [0.15, 0.2) is 24.3 Å². The fraction of sp³-hybridized carbons (Fsp3) is 0.529. The van der Waals surface area contributed by atoms with Crippen LogP contribution in [0.4, 0.5) is 0 Å². The van der Waals surface area contributed by atoms with Crippen LogP contribution >= 0.6 is 0 Å². The highest BCUT2D eigenvalue weighted by molar-refractivity contribution is 5.78. The molecule has 1 atom stereocenters. The Labute approximate surface area is 130 Å². The highest BCUT2D eigenvalue weighted by Crippen LogP contribution is 2.21. The number of aromatic hydroxyl groups is 1. The Kier molecular flexibility index (Phi) is 5.81. The van der Waals surface area contributed by atoms with Gasteiger partial charge in [0.2, 0.25) is 5.91 Å². The molecule has 1 aromatic carbocycles. The summed E-state index contributed by atoms with van der Waals surface area (Å²) in [5.41, 5.74) is 0.773. The average Bonchev–Trinajstić information content (AvgIpc) is 2.54. The van der Waals surface area contributed by atoms with E-state index in [1.807, 2.05) is 12.1 Å². The minimum Gasteiger partial charge on any atom is -0.508 e. The molecule has 1 fully saturated rings. The molecule has 1 aliphatic heterocycles. The molecule has 1 unspecified atom stereocenters. The Hall–Kier alpha value is -2.04. The summed E-state index contributed by atoms with van der Waals surface area (Å²) in [6.07, 6.45) is 2.45. The van der Waals surface area contributed by atoms with Crippen molar-refractivity contribution in [1.29, 1.82) is 0 Å². The molecule has 5 heteroatoms. The van der Waals surface area contributed by atoms with Gasteiger partial charge < -0.3 is 14.7 Å². The first-order valence-electron chi connectivity index (χ1n) is 7.83. The van der Waals surface area contributed by atoms with Crippen LogP contribution in [0.2, 0.25) is 0 Å². The minimum absolute atomic E-state index is 0.0252. The molecule has 1 amide bonds. The van der Waals surface area contributed by atoms with Gasteiger partial charge in [0.25, 0.3) is 0 Å². The van der Waals surface area contributed by atoms with Crippen molar-refractivity contribution >= 4 is 11.9 Å². The van der Waals surface area contributed by atoms with Gasteiger partial charge in [0.15, 0.2) is 0 Å². The molecule has 120 valence electrons. The fourth-order valence-electron chi connectivity index (χ4n) is 2.78. The summed E-state index contributed by atoms with van der Waals surface area (Å²) in [4.78, 5) is 25.8. The molecular weight excluding hydrogens is 282 g/mol. The van der Waals surface area contributed by atoms with Crippen LogP contribution in [-0.2, 0) is 20.7 Å². The molecule has 1 aromatic rings. The van der Waals surface area contributed by atoms with Crippen LogP contribution in [0.1, 0.15) is 31.7 Å². The number of likely N-dealkylation sites (tertiary alicyclic amines) is 1. The van der Waals surface area contributed by atoms with Crippen molar-refractivity contribution in [2.45, 2.75) is 32.6 Å². The molecule has 1 N–H and O–H groups in total. The molecule has 0 bridgehead atoms. The van der Waals surface area contributed by atoms with E-state index in [-0.39, 0.29) is 23.5 Å². The molecule has 0 radical (unpaired) electrons. The van der Waals surface area contributed by atoms with Gasteiger partial charge in [-0.15, -0.1) is 0 Å². The van der Waals surface area contributed by atoms with Crippen LogP contribution in [0, 0.1) is 5.92 Å². The van der Waals surface area contributed by atoms with Crippen molar-refractivity contribution in [2.75, 3.05) is 19.7 Å². The number of phenolic OH excluding ortho intramolecular Hbond substituents is 1. The molecule has 0 aromatic heterocycles. The lowest BCUT2D eigenvalue weighted by Crippen LogP contribution is -2.42. The third-order valence-corrected chi connectivity index (χ3v) is 3.99. The summed E-state index contributed by atoms with van der Waals surface area (Å²) in [6.45, 7) is 3.29. The molecular formula is C17H23NO4. The number of carbonyl (C=O) groups excluding carboxylic acids is 2. The molecule has 22 heavy (non-hydrogen) atoms. The molecule has 0 spiro atoms. The van der Waals surface area contributed by atoms with Crippen molar-refractivity contribution in [1.82, 2.24) is 4.90 Å². The Morgan fingerprint density at radius 2 is 2.14 bits per heavy atom. The van der Waals surface area contributed by atoms with E-state index in [1.165, 1.54) is 0 Å². The van der Waals surface area contributed by atoms with E-state index in [0.29, 0.717) is 32.5 Å². The van der Waals surface area contributed by atoms with E-state index in [4.69, 9.17) is 4.74 Å². The summed E-state index contributed by atoms with van der Waals surface area (Å²) < 4.78 is 5.04. The topological polar surface area (TPSA) is 66.8 Å². The number of para-hydroxylation sites is 1. The molecule has 1 heterocycles. The van der Waals surface area contributed by atoms with Crippen LogP contribution in [0.3, 0.4) is 0 Å². The Balaban J connectivity index is 1.87. The molecule has 2 rings (SSSR count). The molecule has 5 nitrogen and oxygen atoms in total. The van der Waals surface area contributed by atoms with Crippen molar-refractivity contribution in [3.8, 4) is 5.75 Å². The third-order valence-electron chi connectivity index (χ3n) is 3.99. The standard InChI is InChI=1S/C17H23NO4/c1-2-22-17(21)14-7-5-11-18(12-14)16(20)10-9-13-6-3-4-8-15(13)19/h3-4,6,8,14,19H,2,5,7,9-12H2,1H3. The van der Waals surface area contributed by atoms with Gasteiger partial charge in [-0.25, -0.2) is 0 Å². The van der Waals surface area contributed by atoms with Gasteiger partial charge in [-0.2, -0.15) is 0 Å². The second kappa shape index (κ2) is 7.82. The van der Waals surface area contributed by atoms with Crippen LogP contribution in [-0.4, -0.2) is 41.6 Å². The predicted octanol–water partition coefficient (Wildman–Crippen LogP) is 2.13. The zero-order valence-corrected chi connectivity index (χ0v) is 13.0.